The van der Waals surface area contributed by atoms with Gasteiger partial charge >= 0.3 is 0 Å². The normalized spacial score (nSPS) is 11.4. The van der Waals surface area contributed by atoms with Crippen LogP contribution in [0.15, 0.2) is 146 Å². The maximum atomic E-state index is 6.51. The maximum Gasteiger partial charge on any atom is 0.188 e. The largest absolute Gasteiger partial charge is 0.491 e. The van der Waals surface area contributed by atoms with E-state index in [1.807, 2.05) is 72.8 Å². The molecule has 0 saturated carbocycles. The summed E-state index contributed by atoms with van der Waals surface area (Å²) in [6.45, 7) is 1.72. The number of benzene rings is 8. The molecule has 0 bridgehead atoms. The van der Waals surface area contributed by atoms with Crippen LogP contribution in [0, 0.1) is 0 Å². The minimum absolute atomic E-state index is 0.133. The van der Waals surface area contributed by atoms with Gasteiger partial charge in [-0.15, -0.1) is 0 Å². The van der Waals surface area contributed by atoms with Gasteiger partial charge in [0.2, 0.25) is 0 Å². The van der Waals surface area contributed by atoms with E-state index in [2.05, 4.69) is 72.8 Å². The molecule has 8 rings (SSSR count). The molecule has 0 heterocycles. The van der Waals surface area contributed by atoms with Gasteiger partial charge in [-0.1, -0.05) is 121 Å². The lowest BCUT2D eigenvalue weighted by atomic mass is 9.92. The average Bonchev–Trinajstić information content (AvgIpc) is 3.24. The van der Waals surface area contributed by atoms with Crippen molar-refractivity contribution in [3.05, 3.63) is 146 Å². The first kappa shape index (κ1) is 35.9. The minimum Gasteiger partial charge on any atom is -0.491 e. The summed E-state index contributed by atoms with van der Waals surface area (Å²) in [6.07, 6.45) is 0. The molecule has 0 aliphatic heterocycles. The molecule has 7 heteroatoms. The summed E-state index contributed by atoms with van der Waals surface area (Å²) in [6, 6.07) is 49.7. The molecule has 0 aliphatic carbocycles. The second-order valence-corrected chi connectivity index (χ2v) is 13.1. The molecule has 0 saturated heterocycles. The first-order valence-electron chi connectivity index (χ1n) is 18.4. The topological polar surface area (TPSA) is 64.6 Å². The fraction of sp³-hybridized carbons (Fsp3) is 0.167. The number of fused-ring (bicyclic) bond motifs is 4. The molecule has 8 aromatic rings. The first-order valence-corrected chi connectivity index (χ1v) is 18.4. The van der Waals surface area contributed by atoms with Crippen LogP contribution in [-0.4, -0.2) is 54.2 Å². The third kappa shape index (κ3) is 7.51. The Morgan fingerprint density at radius 1 is 0.309 bits per heavy atom. The number of hydrogen-bond acceptors (Lipinski definition) is 7. The Hall–Kier alpha value is -6.12. The molecule has 8 aromatic carbocycles. The van der Waals surface area contributed by atoms with Crippen LogP contribution < -0.4 is 18.9 Å². The van der Waals surface area contributed by atoms with Gasteiger partial charge in [0, 0.05) is 36.5 Å². The van der Waals surface area contributed by atoms with E-state index < -0.39 is 0 Å². The standard InChI is InChI=1S/C48H42O7/c1-49-31-54-43-25-21-35-13-5-9-17-39(35)47(43)45-37-15-7-3-11-33(37)19-23-41(45)52-29-27-51-28-30-53-42-24-20-34-12-4-8-16-38(34)46(42)48-40-18-10-6-14-36(40)22-26-44(48)55-32-50-2/h3-26H,27-32H2,1-2H3. The summed E-state index contributed by atoms with van der Waals surface area (Å²) in [5, 5.41) is 8.72. The van der Waals surface area contributed by atoms with Crippen LogP contribution >= 0.6 is 0 Å². The lowest BCUT2D eigenvalue weighted by Crippen LogP contribution is -2.13. The van der Waals surface area contributed by atoms with Crippen molar-refractivity contribution < 1.29 is 33.2 Å². The zero-order valence-corrected chi connectivity index (χ0v) is 31.0. The maximum absolute atomic E-state index is 6.51. The van der Waals surface area contributed by atoms with Gasteiger partial charge in [0.25, 0.3) is 0 Å². The van der Waals surface area contributed by atoms with Crippen molar-refractivity contribution in [2.45, 2.75) is 0 Å². The van der Waals surface area contributed by atoms with E-state index in [1.165, 1.54) is 0 Å². The van der Waals surface area contributed by atoms with Gasteiger partial charge in [-0.3, -0.25) is 0 Å². The third-order valence-electron chi connectivity index (χ3n) is 9.70. The summed E-state index contributed by atoms with van der Waals surface area (Å²) in [5.74, 6) is 2.95. The quantitative estimate of drug-likeness (QED) is 0.0724. The number of rotatable bonds is 16. The molecular formula is C48H42O7. The Balaban J connectivity index is 1.02. The Bertz CT molecular complexity index is 2400. The van der Waals surface area contributed by atoms with E-state index in [0.29, 0.717) is 26.4 Å². The zero-order valence-electron chi connectivity index (χ0n) is 31.0. The lowest BCUT2D eigenvalue weighted by molar-refractivity contribution is 0.0514. The van der Waals surface area contributed by atoms with E-state index >= 15 is 0 Å². The van der Waals surface area contributed by atoms with Gasteiger partial charge in [-0.2, -0.15) is 0 Å². The molecule has 0 N–H and O–H groups in total. The molecule has 0 unspecified atom stereocenters. The summed E-state index contributed by atoms with van der Waals surface area (Å²) < 4.78 is 42.0. The molecule has 0 atom stereocenters. The summed E-state index contributed by atoms with van der Waals surface area (Å²) >= 11 is 0. The van der Waals surface area contributed by atoms with Crippen LogP contribution in [0.5, 0.6) is 23.0 Å². The highest BCUT2D eigenvalue weighted by atomic mass is 16.7. The average molecular weight is 731 g/mol. The summed E-state index contributed by atoms with van der Waals surface area (Å²) in [5.41, 5.74) is 3.86. The van der Waals surface area contributed by atoms with Crippen LogP contribution in [0.25, 0.3) is 65.3 Å². The number of hydrogen-bond donors (Lipinski definition) is 0. The lowest BCUT2D eigenvalue weighted by Gasteiger charge is -2.20. The molecule has 55 heavy (non-hydrogen) atoms. The van der Waals surface area contributed by atoms with E-state index in [-0.39, 0.29) is 13.6 Å². The summed E-state index contributed by atoms with van der Waals surface area (Å²) in [4.78, 5) is 0. The molecule has 7 nitrogen and oxygen atoms in total. The Kier molecular flexibility index (Phi) is 11.0. The van der Waals surface area contributed by atoms with Crippen LogP contribution in [0.3, 0.4) is 0 Å². The molecule has 0 fully saturated rings. The molecular weight excluding hydrogens is 689 g/mol. The molecule has 0 spiro atoms. The fourth-order valence-corrected chi connectivity index (χ4v) is 7.29. The predicted octanol–water partition coefficient (Wildman–Crippen LogP) is 11.1. The number of methoxy groups -OCH3 is 2. The van der Waals surface area contributed by atoms with Gasteiger partial charge < -0.3 is 33.2 Å². The van der Waals surface area contributed by atoms with Crippen molar-refractivity contribution in [2.24, 2.45) is 0 Å². The highest BCUT2D eigenvalue weighted by molar-refractivity contribution is 6.11. The van der Waals surface area contributed by atoms with Crippen molar-refractivity contribution >= 4 is 43.1 Å². The zero-order chi connectivity index (χ0) is 37.4. The van der Waals surface area contributed by atoms with Crippen molar-refractivity contribution in [1.29, 1.82) is 0 Å². The van der Waals surface area contributed by atoms with Crippen molar-refractivity contribution in [3.8, 4) is 45.3 Å². The fourth-order valence-electron chi connectivity index (χ4n) is 7.29. The highest BCUT2D eigenvalue weighted by Crippen LogP contribution is 2.47. The SMILES string of the molecule is COCOc1ccc2ccccc2c1-c1c(OCCOCCOc2ccc3ccccc3c2-c2c(OCOC)ccc3ccccc23)ccc2ccccc12. The van der Waals surface area contributed by atoms with Gasteiger partial charge in [-0.05, 0) is 67.4 Å². The first-order chi connectivity index (χ1) is 27.2. The molecule has 0 radical (unpaired) electrons. The smallest absolute Gasteiger partial charge is 0.188 e. The molecule has 0 aromatic heterocycles. The van der Waals surface area contributed by atoms with Gasteiger partial charge in [0.05, 0.1) is 13.2 Å². The van der Waals surface area contributed by atoms with Gasteiger partial charge in [0.1, 0.15) is 36.2 Å². The van der Waals surface area contributed by atoms with Crippen molar-refractivity contribution in [3.63, 3.8) is 0 Å². The van der Waals surface area contributed by atoms with Crippen LogP contribution in [0.1, 0.15) is 0 Å². The Morgan fingerprint density at radius 3 is 0.909 bits per heavy atom. The van der Waals surface area contributed by atoms with Crippen LogP contribution in [0.4, 0.5) is 0 Å². The minimum atomic E-state index is 0.133. The molecule has 276 valence electrons. The Morgan fingerprint density at radius 2 is 0.600 bits per heavy atom. The van der Waals surface area contributed by atoms with E-state index in [4.69, 9.17) is 33.2 Å². The van der Waals surface area contributed by atoms with Gasteiger partial charge in [-0.25, -0.2) is 0 Å². The van der Waals surface area contributed by atoms with Crippen LogP contribution in [-0.2, 0) is 14.2 Å². The van der Waals surface area contributed by atoms with E-state index in [0.717, 1.165) is 88.3 Å². The molecule has 0 amide bonds. The monoisotopic (exact) mass is 730 g/mol. The van der Waals surface area contributed by atoms with E-state index in [1.54, 1.807) is 14.2 Å². The highest BCUT2D eigenvalue weighted by Gasteiger charge is 2.21. The Labute approximate surface area is 320 Å². The second-order valence-electron chi connectivity index (χ2n) is 13.1. The van der Waals surface area contributed by atoms with Crippen molar-refractivity contribution in [1.82, 2.24) is 0 Å². The molecule has 0 aliphatic rings. The second kappa shape index (κ2) is 16.9. The third-order valence-corrected chi connectivity index (χ3v) is 9.70. The summed E-state index contributed by atoms with van der Waals surface area (Å²) in [7, 11) is 3.25. The van der Waals surface area contributed by atoms with Gasteiger partial charge in [0.15, 0.2) is 13.6 Å². The van der Waals surface area contributed by atoms with E-state index in [9.17, 15) is 0 Å². The van der Waals surface area contributed by atoms with Crippen LogP contribution in [0.2, 0.25) is 0 Å². The predicted molar refractivity (Wildman–Crippen MR) is 221 cm³/mol. The van der Waals surface area contributed by atoms with Crippen molar-refractivity contribution in [2.75, 3.05) is 54.2 Å². The number of ether oxygens (including phenoxy) is 7.